The van der Waals surface area contributed by atoms with Crippen molar-refractivity contribution in [2.24, 2.45) is 0 Å². The highest BCUT2D eigenvalue weighted by molar-refractivity contribution is 7.09. The zero-order chi connectivity index (χ0) is 14.9. The lowest BCUT2D eigenvalue weighted by molar-refractivity contribution is 0.566. The molecule has 2 heterocycles. The molecule has 1 atom stereocenters. The van der Waals surface area contributed by atoms with Crippen molar-refractivity contribution in [3.63, 3.8) is 0 Å². The molecule has 0 fully saturated rings. The fourth-order valence-electron chi connectivity index (χ4n) is 2.51. The molecule has 1 unspecified atom stereocenters. The summed E-state index contributed by atoms with van der Waals surface area (Å²) in [5.74, 6) is 0.533. The first-order valence-corrected chi connectivity index (χ1v) is 8.40. The molecule has 21 heavy (non-hydrogen) atoms. The van der Waals surface area contributed by atoms with Crippen LogP contribution in [-0.2, 0) is 12.0 Å². The fourth-order valence-corrected chi connectivity index (χ4v) is 3.52. The lowest BCUT2D eigenvalue weighted by Gasteiger charge is -2.14. The molecule has 3 rings (SSSR count). The number of nitrogens with zero attached hydrogens (tertiary/aromatic N) is 4. The maximum atomic E-state index is 4.72. The van der Waals surface area contributed by atoms with Crippen LogP contribution in [0.3, 0.4) is 0 Å². The number of allylic oxidation sites excluding steroid dienone is 2. The molecule has 0 saturated carbocycles. The van der Waals surface area contributed by atoms with Crippen LogP contribution in [-0.4, -0.2) is 20.0 Å². The van der Waals surface area contributed by atoms with Crippen molar-refractivity contribution in [3.05, 3.63) is 40.1 Å². The Balaban J connectivity index is 1.69. The molecule has 0 radical (unpaired) electrons. The van der Waals surface area contributed by atoms with Gasteiger partial charge in [0.25, 0.3) is 0 Å². The van der Waals surface area contributed by atoms with Gasteiger partial charge in [-0.1, -0.05) is 38.1 Å². The third-order valence-electron chi connectivity index (χ3n) is 3.86. The third kappa shape index (κ3) is 3.40. The van der Waals surface area contributed by atoms with Gasteiger partial charge >= 0.3 is 0 Å². The fraction of sp³-hybridized carbons (Fsp3) is 0.562. The quantitative estimate of drug-likeness (QED) is 0.808. The van der Waals surface area contributed by atoms with Crippen LogP contribution in [0.5, 0.6) is 0 Å². The van der Waals surface area contributed by atoms with E-state index in [1.807, 2.05) is 4.68 Å². The van der Waals surface area contributed by atoms with E-state index in [-0.39, 0.29) is 5.41 Å². The summed E-state index contributed by atoms with van der Waals surface area (Å²) in [6.07, 6.45) is 10.0. The van der Waals surface area contributed by atoms with Gasteiger partial charge in [0.1, 0.15) is 5.01 Å². The van der Waals surface area contributed by atoms with Gasteiger partial charge in [-0.15, -0.1) is 16.4 Å². The Morgan fingerprint density at radius 3 is 2.86 bits per heavy atom. The van der Waals surface area contributed by atoms with E-state index in [4.69, 9.17) is 4.98 Å². The number of rotatable bonds is 3. The van der Waals surface area contributed by atoms with Gasteiger partial charge in [0, 0.05) is 22.9 Å². The van der Waals surface area contributed by atoms with Crippen molar-refractivity contribution in [2.45, 2.75) is 57.9 Å². The lowest BCUT2D eigenvalue weighted by atomic mass is 9.92. The second-order valence-electron chi connectivity index (χ2n) is 6.70. The van der Waals surface area contributed by atoms with E-state index in [2.05, 4.69) is 54.8 Å². The maximum Gasteiger partial charge on any atom is 0.114 e. The summed E-state index contributed by atoms with van der Waals surface area (Å²) in [5, 5.41) is 11.9. The third-order valence-corrected chi connectivity index (χ3v) is 4.69. The summed E-state index contributed by atoms with van der Waals surface area (Å²) < 4.78 is 1.92. The first-order valence-electron chi connectivity index (χ1n) is 7.52. The lowest BCUT2D eigenvalue weighted by Crippen LogP contribution is -2.12. The zero-order valence-corrected chi connectivity index (χ0v) is 13.7. The van der Waals surface area contributed by atoms with Crippen molar-refractivity contribution in [1.82, 2.24) is 20.0 Å². The van der Waals surface area contributed by atoms with Crippen molar-refractivity contribution in [1.29, 1.82) is 0 Å². The molecule has 0 spiro atoms. The molecule has 5 heteroatoms. The predicted molar refractivity (Wildman–Crippen MR) is 85.7 cm³/mol. The van der Waals surface area contributed by atoms with Crippen molar-refractivity contribution < 1.29 is 0 Å². The van der Waals surface area contributed by atoms with E-state index in [1.165, 1.54) is 6.42 Å². The summed E-state index contributed by atoms with van der Waals surface area (Å²) in [4.78, 5) is 4.72. The topological polar surface area (TPSA) is 43.6 Å². The summed E-state index contributed by atoms with van der Waals surface area (Å²) in [6.45, 7) is 7.29. The SMILES string of the molecule is CC(C)(C)c1csc(Cn2cc(C3CC=CCC3)nn2)n1. The Kier molecular flexibility index (Phi) is 3.93. The van der Waals surface area contributed by atoms with Gasteiger partial charge < -0.3 is 0 Å². The van der Waals surface area contributed by atoms with E-state index in [1.54, 1.807) is 11.3 Å². The largest absolute Gasteiger partial charge is 0.245 e. The molecule has 2 aromatic heterocycles. The Bertz CT molecular complexity index is 633. The van der Waals surface area contributed by atoms with Crippen molar-refractivity contribution in [2.75, 3.05) is 0 Å². The van der Waals surface area contributed by atoms with Crippen LogP contribution in [0.25, 0.3) is 0 Å². The molecule has 4 nitrogen and oxygen atoms in total. The average molecular weight is 302 g/mol. The molecule has 1 aliphatic carbocycles. The molecule has 0 saturated heterocycles. The highest BCUT2D eigenvalue weighted by Crippen LogP contribution is 2.28. The standard InChI is InChI=1S/C16H22N4S/c1-16(2,3)14-11-21-15(17-14)10-20-9-13(18-19-20)12-7-5-4-6-8-12/h4-5,9,11-12H,6-8,10H2,1-3H3. The molecule has 0 bridgehead atoms. The minimum Gasteiger partial charge on any atom is -0.245 e. The zero-order valence-electron chi connectivity index (χ0n) is 12.9. The van der Waals surface area contributed by atoms with Gasteiger partial charge in [-0.05, 0) is 19.3 Å². The Labute approximate surface area is 129 Å². The van der Waals surface area contributed by atoms with Crippen LogP contribution in [0.1, 0.15) is 62.3 Å². The highest BCUT2D eigenvalue weighted by Gasteiger charge is 2.19. The van der Waals surface area contributed by atoms with Gasteiger partial charge in [0.2, 0.25) is 0 Å². The van der Waals surface area contributed by atoms with Crippen LogP contribution < -0.4 is 0 Å². The summed E-state index contributed by atoms with van der Waals surface area (Å²) in [7, 11) is 0. The average Bonchev–Trinajstić information content (AvgIpc) is 3.09. The number of hydrogen-bond acceptors (Lipinski definition) is 4. The smallest absolute Gasteiger partial charge is 0.114 e. The molecular formula is C16H22N4S. The number of aromatic nitrogens is 4. The molecule has 0 aromatic carbocycles. The summed E-state index contributed by atoms with van der Waals surface area (Å²) in [5.41, 5.74) is 2.38. The minimum atomic E-state index is 0.108. The van der Waals surface area contributed by atoms with Gasteiger partial charge in [-0.3, -0.25) is 0 Å². The van der Waals surface area contributed by atoms with Crippen LogP contribution in [0, 0.1) is 0 Å². The van der Waals surface area contributed by atoms with Crippen LogP contribution >= 0.6 is 11.3 Å². The Hall–Kier alpha value is -1.49. The second-order valence-corrected chi connectivity index (χ2v) is 7.64. The minimum absolute atomic E-state index is 0.108. The first-order chi connectivity index (χ1) is 10.0. The van der Waals surface area contributed by atoms with Crippen LogP contribution in [0.15, 0.2) is 23.7 Å². The van der Waals surface area contributed by atoms with Crippen molar-refractivity contribution in [3.8, 4) is 0 Å². The second kappa shape index (κ2) is 5.72. The monoisotopic (exact) mass is 302 g/mol. The highest BCUT2D eigenvalue weighted by atomic mass is 32.1. The molecule has 0 aliphatic heterocycles. The van der Waals surface area contributed by atoms with E-state index >= 15 is 0 Å². The molecule has 1 aliphatic rings. The van der Waals surface area contributed by atoms with Gasteiger partial charge in [-0.2, -0.15) is 0 Å². The van der Waals surface area contributed by atoms with E-state index in [9.17, 15) is 0 Å². The summed E-state index contributed by atoms with van der Waals surface area (Å²) >= 11 is 1.71. The first kappa shape index (κ1) is 14.4. The van der Waals surface area contributed by atoms with Gasteiger partial charge in [0.05, 0.1) is 17.9 Å². The maximum absolute atomic E-state index is 4.72. The van der Waals surface area contributed by atoms with E-state index in [0.29, 0.717) is 5.92 Å². The number of hydrogen-bond donors (Lipinski definition) is 0. The van der Waals surface area contributed by atoms with E-state index in [0.717, 1.165) is 35.8 Å². The summed E-state index contributed by atoms with van der Waals surface area (Å²) in [6, 6.07) is 0. The molecular weight excluding hydrogens is 280 g/mol. The van der Waals surface area contributed by atoms with Gasteiger partial charge in [-0.25, -0.2) is 9.67 Å². The normalized spacial score (nSPS) is 19.1. The molecule has 0 N–H and O–H groups in total. The van der Waals surface area contributed by atoms with Crippen LogP contribution in [0.4, 0.5) is 0 Å². The molecule has 112 valence electrons. The van der Waals surface area contributed by atoms with E-state index < -0.39 is 0 Å². The predicted octanol–water partition coefficient (Wildman–Crippen LogP) is 3.90. The Morgan fingerprint density at radius 2 is 2.19 bits per heavy atom. The van der Waals surface area contributed by atoms with Crippen LogP contribution in [0.2, 0.25) is 0 Å². The van der Waals surface area contributed by atoms with Crippen molar-refractivity contribution >= 4 is 11.3 Å². The Morgan fingerprint density at radius 1 is 1.33 bits per heavy atom. The molecule has 2 aromatic rings. The van der Waals surface area contributed by atoms with Gasteiger partial charge in [0.15, 0.2) is 0 Å². The molecule has 0 amide bonds. The number of thiazole rings is 1.